The van der Waals surface area contributed by atoms with Gasteiger partial charge in [0.15, 0.2) is 0 Å². The molecule has 3 aromatic heterocycles. The highest BCUT2D eigenvalue weighted by atomic mass is 16.4. The zero-order valence-electron chi connectivity index (χ0n) is 23.3. The summed E-state index contributed by atoms with van der Waals surface area (Å²) in [4.78, 5) is 45.1. The summed E-state index contributed by atoms with van der Waals surface area (Å²) in [5, 5.41) is 15.1. The maximum Gasteiger partial charge on any atom is 0.326 e. The van der Waals surface area contributed by atoms with Crippen LogP contribution < -0.4 is 16.8 Å². The molecule has 218 valence electrons. The molecule has 10 heteroatoms. The molecule has 3 heterocycles. The van der Waals surface area contributed by atoms with Crippen LogP contribution in [0.4, 0.5) is 0 Å². The van der Waals surface area contributed by atoms with Gasteiger partial charge in [-0.15, -0.1) is 0 Å². The minimum Gasteiger partial charge on any atom is -0.480 e. The number of amides is 1. The van der Waals surface area contributed by atoms with Crippen molar-refractivity contribution in [1.29, 1.82) is 0 Å². The van der Waals surface area contributed by atoms with Crippen LogP contribution in [0.15, 0.2) is 91.4 Å². The number of aromatic amines is 2. The van der Waals surface area contributed by atoms with E-state index in [1.807, 2.05) is 79.0 Å². The predicted molar refractivity (Wildman–Crippen MR) is 166 cm³/mol. The maximum atomic E-state index is 13.6. The zero-order valence-corrected chi connectivity index (χ0v) is 23.3. The number of hydrogen-bond acceptors (Lipinski definition) is 5. The molecule has 0 unspecified atom stereocenters. The van der Waals surface area contributed by atoms with Gasteiger partial charge in [-0.05, 0) is 47.7 Å². The lowest BCUT2D eigenvalue weighted by atomic mass is 10.0. The lowest BCUT2D eigenvalue weighted by Gasteiger charge is -2.17. The second-order valence-electron chi connectivity index (χ2n) is 10.8. The van der Waals surface area contributed by atoms with E-state index in [2.05, 4.69) is 15.3 Å². The quantitative estimate of drug-likeness (QED) is 0.146. The van der Waals surface area contributed by atoms with Crippen molar-refractivity contribution < 1.29 is 19.5 Å². The van der Waals surface area contributed by atoms with Crippen molar-refractivity contribution in [2.24, 2.45) is 11.5 Å². The molecule has 0 fully saturated rings. The summed E-state index contributed by atoms with van der Waals surface area (Å²) >= 11 is 0. The second-order valence-corrected chi connectivity index (χ2v) is 10.8. The number of rotatable bonds is 10. The normalized spacial score (nSPS) is 13.7. The third kappa shape index (κ3) is 5.53. The summed E-state index contributed by atoms with van der Waals surface area (Å²) in [6.45, 7) is 0. The number of carboxylic acid groups (broad SMARTS) is 1. The van der Waals surface area contributed by atoms with E-state index in [1.54, 1.807) is 12.4 Å². The first-order valence-electron chi connectivity index (χ1n) is 14.1. The predicted octanol–water partition coefficient (Wildman–Crippen LogP) is 3.50. The molecule has 3 aromatic carbocycles. The highest BCUT2D eigenvalue weighted by Gasteiger charge is 2.27. The number of nitrogens with one attached hydrogen (secondary N) is 3. The number of nitrogens with zero attached hydrogens (tertiary/aromatic N) is 1. The van der Waals surface area contributed by atoms with Crippen LogP contribution in [-0.2, 0) is 28.9 Å². The van der Waals surface area contributed by atoms with Crippen molar-refractivity contribution in [2.45, 2.75) is 37.4 Å². The van der Waals surface area contributed by atoms with Crippen LogP contribution in [0.2, 0.25) is 0 Å². The summed E-state index contributed by atoms with van der Waals surface area (Å²) in [7, 11) is 0. The molecule has 8 N–H and O–H groups in total. The number of para-hydroxylation sites is 3. The number of fused-ring (bicyclic) bond motifs is 3. The van der Waals surface area contributed by atoms with Crippen LogP contribution in [0.25, 0.3) is 32.7 Å². The van der Waals surface area contributed by atoms with Crippen molar-refractivity contribution in [3.05, 3.63) is 108 Å². The number of carbonyl (C=O) groups is 3. The Morgan fingerprint density at radius 2 is 1.26 bits per heavy atom. The van der Waals surface area contributed by atoms with E-state index in [9.17, 15) is 19.5 Å². The average Bonchev–Trinajstić information content (AvgIpc) is 3.72. The Balaban J connectivity index is 1.18. The molecule has 10 nitrogen and oxygen atoms in total. The fraction of sp³-hybridized carbons (Fsp3) is 0.182. The van der Waals surface area contributed by atoms with Gasteiger partial charge in [0.05, 0.1) is 17.6 Å². The third-order valence-electron chi connectivity index (χ3n) is 7.95. The first-order chi connectivity index (χ1) is 20.8. The summed E-state index contributed by atoms with van der Waals surface area (Å²) in [6, 6.07) is 19.8. The lowest BCUT2D eigenvalue weighted by molar-refractivity contribution is -0.141. The van der Waals surface area contributed by atoms with Gasteiger partial charge >= 0.3 is 5.97 Å². The monoisotopic (exact) mass is 576 g/mol. The molecule has 0 aliphatic rings. The van der Waals surface area contributed by atoms with Crippen LogP contribution in [0.1, 0.15) is 21.5 Å². The number of aliphatic carboxylic acids is 1. The largest absolute Gasteiger partial charge is 0.480 e. The number of aromatic nitrogens is 3. The van der Waals surface area contributed by atoms with Crippen LogP contribution >= 0.6 is 0 Å². The molecule has 1 amide bonds. The highest BCUT2D eigenvalue weighted by Crippen LogP contribution is 2.25. The van der Waals surface area contributed by atoms with Gasteiger partial charge in [-0.1, -0.05) is 54.6 Å². The van der Waals surface area contributed by atoms with E-state index in [4.69, 9.17) is 11.5 Å². The summed E-state index contributed by atoms with van der Waals surface area (Å²) in [5.74, 6) is -2.03. The molecule has 0 bridgehead atoms. The SMILES string of the molecule is N[C@@H](Cc1cn(C(=O)[C@@H](N)Cc2c[nH]c3ccccc23)c2ccccc12)C(=O)N[C@@H](Cc1c[nH]c2ccccc12)C(=O)O. The van der Waals surface area contributed by atoms with Gasteiger partial charge in [0.2, 0.25) is 11.8 Å². The molecule has 6 aromatic rings. The van der Waals surface area contributed by atoms with E-state index in [0.717, 1.165) is 38.3 Å². The van der Waals surface area contributed by atoms with Gasteiger partial charge in [-0.3, -0.25) is 14.2 Å². The number of benzene rings is 3. The number of hydrogen-bond donors (Lipinski definition) is 6. The Labute approximate surface area is 246 Å². The molecule has 43 heavy (non-hydrogen) atoms. The summed E-state index contributed by atoms with van der Waals surface area (Å²) < 4.78 is 1.52. The van der Waals surface area contributed by atoms with Gasteiger partial charge in [-0.2, -0.15) is 0 Å². The second kappa shape index (κ2) is 11.6. The molecule has 6 rings (SSSR count). The lowest BCUT2D eigenvalue weighted by Crippen LogP contribution is -2.50. The molecular formula is C33H32N6O4. The van der Waals surface area contributed by atoms with Gasteiger partial charge < -0.3 is 31.9 Å². The Morgan fingerprint density at radius 1 is 0.721 bits per heavy atom. The smallest absolute Gasteiger partial charge is 0.326 e. The van der Waals surface area contributed by atoms with Crippen LogP contribution in [-0.4, -0.2) is 55.6 Å². The molecule has 3 atom stereocenters. The van der Waals surface area contributed by atoms with E-state index < -0.39 is 30.0 Å². The molecule has 0 aliphatic heterocycles. The third-order valence-corrected chi connectivity index (χ3v) is 7.95. The van der Waals surface area contributed by atoms with Crippen LogP contribution in [0, 0.1) is 0 Å². The van der Waals surface area contributed by atoms with Crippen LogP contribution in [0.3, 0.4) is 0 Å². The Hall–Kier alpha value is -5.19. The minimum atomic E-state index is -1.16. The van der Waals surface area contributed by atoms with E-state index in [-0.39, 0.29) is 18.7 Å². The fourth-order valence-corrected chi connectivity index (χ4v) is 5.73. The number of carboxylic acids is 1. The number of H-pyrrole nitrogens is 2. The van der Waals surface area contributed by atoms with Gasteiger partial charge in [0, 0.05) is 52.2 Å². The standard InChI is InChI=1S/C33H32N6O4/c34-25(31(40)38-29(33(42)43)15-20-17-37-28-11-5-2-8-23(20)28)14-21-18-39(30-12-6-3-9-24(21)30)32(41)26(35)13-19-16-36-27-10-4-1-7-22(19)27/h1-12,16-18,25-26,29,36-37H,13-15,34-35H2,(H,38,40)(H,42,43)/t25-,26-,29-/m0/s1. The van der Waals surface area contributed by atoms with Gasteiger partial charge in [0.25, 0.3) is 0 Å². The van der Waals surface area contributed by atoms with Crippen molar-refractivity contribution in [3.8, 4) is 0 Å². The molecule has 0 radical (unpaired) electrons. The Bertz CT molecular complexity index is 1970. The number of carbonyl (C=O) groups excluding carboxylic acids is 2. The van der Waals surface area contributed by atoms with Gasteiger partial charge in [0.1, 0.15) is 6.04 Å². The van der Waals surface area contributed by atoms with E-state index in [0.29, 0.717) is 17.5 Å². The van der Waals surface area contributed by atoms with Crippen molar-refractivity contribution in [3.63, 3.8) is 0 Å². The molecule has 0 spiro atoms. The zero-order chi connectivity index (χ0) is 30.1. The molecule has 0 saturated carbocycles. The van der Waals surface area contributed by atoms with Crippen molar-refractivity contribution in [1.82, 2.24) is 19.9 Å². The topological polar surface area (TPSA) is 172 Å². The van der Waals surface area contributed by atoms with Crippen molar-refractivity contribution >= 4 is 50.5 Å². The first-order valence-corrected chi connectivity index (χ1v) is 14.1. The minimum absolute atomic E-state index is 0.0972. The summed E-state index contributed by atoms with van der Waals surface area (Å²) in [5.41, 5.74) is 17.7. The van der Waals surface area contributed by atoms with E-state index in [1.165, 1.54) is 4.57 Å². The fourth-order valence-electron chi connectivity index (χ4n) is 5.73. The molecule has 0 aliphatic carbocycles. The Morgan fingerprint density at radius 3 is 1.88 bits per heavy atom. The van der Waals surface area contributed by atoms with E-state index >= 15 is 0 Å². The number of nitrogens with two attached hydrogens (primary N) is 2. The maximum absolute atomic E-state index is 13.6. The molecule has 0 saturated heterocycles. The average molecular weight is 577 g/mol. The van der Waals surface area contributed by atoms with Crippen LogP contribution in [0.5, 0.6) is 0 Å². The van der Waals surface area contributed by atoms with Gasteiger partial charge in [-0.25, -0.2) is 4.79 Å². The highest BCUT2D eigenvalue weighted by molar-refractivity contribution is 5.97. The Kier molecular flexibility index (Phi) is 7.54. The van der Waals surface area contributed by atoms with Crippen molar-refractivity contribution in [2.75, 3.05) is 0 Å². The first kappa shape index (κ1) is 28.0. The molecular weight excluding hydrogens is 544 g/mol. The summed E-state index contributed by atoms with van der Waals surface area (Å²) in [6.07, 6.45) is 5.85.